The van der Waals surface area contributed by atoms with Crippen LogP contribution in [0.2, 0.25) is 0 Å². The molecule has 1 rings (SSSR count). The predicted octanol–water partition coefficient (Wildman–Crippen LogP) is -5.50. The van der Waals surface area contributed by atoms with Gasteiger partial charge in [0.2, 0.25) is 0 Å². The summed E-state index contributed by atoms with van der Waals surface area (Å²) in [5.74, 6) is 0.0492. The maximum Gasteiger partial charge on any atom is 0.169 e. The van der Waals surface area contributed by atoms with Crippen molar-refractivity contribution in [2.45, 2.75) is 48.0 Å². The van der Waals surface area contributed by atoms with Gasteiger partial charge in [0.15, 0.2) is 5.25 Å². The van der Waals surface area contributed by atoms with Gasteiger partial charge < -0.3 is 46.0 Å². The van der Waals surface area contributed by atoms with E-state index in [0.717, 1.165) is 0 Å². The lowest BCUT2D eigenvalue weighted by molar-refractivity contribution is -0.136. The van der Waals surface area contributed by atoms with Crippen LogP contribution in [0.3, 0.4) is 0 Å². The van der Waals surface area contributed by atoms with Crippen LogP contribution in [0.4, 0.5) is 0 Å². The van der Waals surface area contributed by atoms with Crippen molar-refractivity contribution >= 4 is 10.9 Å². The third kappa shape index (κ3) is 4.51. The van der Waals surface area contributed by atoms with Crippen LogP contribution in [0.25, 0.3) is 0 Å². The van der Waals surface area contributed by atoms with E-state index in [1.807, 2.05) is 0 Å². The van der Waals surface area contributed by atoms with Crippen LogP contribution in [0.1, 0.15) is 0 Å². The van der Waals surface area contributed by atoms with E-state index in [1.165, 1.54) is 0 Å². The van der Waals surface area contributed by atoms with Gasteiger partial charge in [-0.05, 0) is 0 Å². The number of rotatable bonds is 8. The van der Waals surface area contributed by atoms with Gasteiger partial charge in [-0.1, -0.05) is 0 Å². The van der Waals surface area contributed by atoms with Crippen LogP contribution >= 0.6 is 0 Å². The Morgan fingerprint density at radius 3 is 1.91 bits per heavy atom. The van der Waals surface area contributed by atoms with Gasteiger partial charge in [-0.3, -0.25) is 0 Å². The molecule has 0 aromatic heterocycles. The van der Waals surface area contributed by atoms with Crippen molar-refractivity contribution in [3.63, 3.8) is 0 Å². The molecule has 0 saturated carbocycles. The van der Waals surface area contributed by atoms with Crippen LogP contribution in [0.5, 0.6) is 0 Å². The summed E-state index contributed by atoms with van der Waals surface area (Å²) in [4.78, 5) is 0. The van der Waals surface area contributed by atoms with Crippen molar-refractivity contribution in [2.75, 3.05) is 24.7 Å². The lowest BCUT2D eigenvalue weighted by atomic mass is 10.0. The van der Waals surface area contributed by atoms with Gasteiger partial charge in [-0.15, -0.1) is 0 Å². The van der Waals surface area contributed by atoms with Crippen LogP contribution < -0.4 is 0 Å². The summed E-state index contributed by atoms with van der Waals surface area (Å²) in [5.41, 5.74) is 0. The summed E-state index contributed by atoms with van der Waals surface area (Å²) in [6.45, 7) is -1.21. The molecule has 0 radical (unpaired) electrons. The fourth-order valence-electron chi connectivity index (χ4n) is 2.37. The first kappa shape index (κ1) is 20.0. The van der Waals surface area contributed by atoms with Crippen molar-refractivity contribution in [3.05, 3.63) is 0 Å². The van der Waals surface area contributed by atoms with E-state index in [9.17, 15) is 40.9 Å². The van der Waals surface area contributed by atoms with Gasteiger partial charge in [-0.25, -0.2) is 0 Å². The third-order valence-electron chi connectivity index (χ3n) is 3.83. The minimum absolute atomic E-state index is 0.0977. The van der Waals surface area contributed by atoms with E-state index in [2.05, 4.69) is 0 Å². The Balaban J connectivity index is 2.62. The Labute approximate surface area is 130 Å². The van der Waals surface area contributed by atoms with Gasteiger partial charge in [-0.2, -0.15) is 0 Å². The highest BCUT2D eigenvalue weighted by molar-refractivity contribution is 7.97. The van der Waals surface area contributed by atoms with Crippen molar-refractivity contribution in [1.29, 1.82) is 0 Å². The van der Waals surface area contributed by atoms with Crippen LogP contribution in [0.15, 0.2) is 0 Å². The second-order valence-electron chi connectivity index (χ2n) is 5.44. The maximum atomic E-state index is 9.93. The Hall–Kier alpha value is -0.0100. The summed E-state index contributed by atoms with van der Waals surface area (Å²) < 4.78 is 0. The monoisotopic (exact) mass is 345 g/mol. The molecule has 1 aliphatic heterocycles. The Morgan fingerprint density at radius 1 is 0.864 bits per heavy atom. The van der Waals surface area contributed by atoms with E-state index in [1.54, 1.807) is 0 Å². The molecule has 1 aliphatic rings. The fraction of sp³-hybridized carbons (Fsp3) is 1.00. The molecule has 0 amide bonds. The molecule has 1 saturated heterocycles. The highest BCUT2D eigenvalue weighted by atomic mass is 32.2. The third-order valence-corrected chi connectivity index (χ3v) is 6.65. The molecule has 0 unspecified atom stereocenters. The van der Waals surface area contributed by atoms with E-state index in [0.29, 0.717) is 0 Å². The van der Waals surface area contributed by atoms with Gasteiger partial charge in [0.05, 0.1) is 13.2 Å². The Kier molecular flexibility index (Phi) is 7.95. The van der Waals surface area contributed by atoms with Gasteiger partial charge in [0.25, 0.3) is 0 Å². The number of hydrogen-bond acceptors (Lipinski definition) is 9. The Morgan fingerprint density at radius 2 is 1.41 bits per heavy atom. The van der Waals surface area contributed by atoms with Crippen LogP contribution in [-0.4, -0.2) is 119 Å². The zero-order valence-corrected chi connectivity index (χ0v) is 12.7. The largest absolute Gasteiger partial charge is 0.394 e. The molecule has 10 heteroatoms. The first-order valence-electron chi connectivity index (χ1n) is 6.89. The molecule has 0 aromatic carbocycles. The number of aliphatic hydroxyl groups excluding tert-OH is 9. The summed E-state index contributed by atoms with van der Waals surface area (Å²) in [6, 6.07) is 0. The molecule has 0 aliphatic carbocycles. The molecule has 1 fully saturated rings. The number of aliphatic hydroxyl groups is 9. The predicted molar refractivity (Wildman–Crippen MR) is 77.1 cm³/mol. The van der Waals surface area contributed by atoms with E-state index in [4.69, 9.17) is 5.11 Å². The average Bonchev–Trinajstić information content (AvgIpc) is 2.77. The lowest BCUT2D eigenvalue weighted by Crippen LogP contribution is -2.52. The van der Waals surface area contributed by atoms with E-state index < -0.39 is 72.1 Å². The quantitative estimate of drug-likeness (QED) is 0.194. The molecule has 22 heavy (non-hydrogen) atoms. The standard InChI is InChI=1S/C12H25O9S/c13-1-5(15)10(19)12(21)11(20)7(17)4-22-3-6(16)9(18)8(22)2-14/h5-21H,1-4H2/q+1/t5-,6+,7+,8+,9-,10-,11+,12+,22-/m0/s1. The van der Waals surface area contributed by atoms with Gasteiger partial charge in [0.1, 0.15) is 54.2 Å². The van der Waals surface area contributed by atoms with E-state index >= 15 is 0 Å². The molecule has 0 bridgehead atoms. The smallest absolute Gasteiger partial charge is 0.169 e. The second kappa shape index (κ2) is 8.73. The zero-order valence-electron chi connectivity index (χ0n) is 11.9. The summed E-state index contributed by atoms with van der Waals surface area (Å²) in [7, 11) is -0.783. The van der Waals surface area contributed by atoms with Crippen LogP contribution in [0, 0.1) is 0 Å². The molecule has 9 atom stereocenters. The molecular formula is C12H25O9S+. The lowest BCUT2D eigenvalue weighted by Gasteiger charge is -2.28. The van der Waals surface area contributed by atoms with Crippen molar-refractivity contribution in [1.82, 2.24) is 0 Å². The topological polar surface area (TPSA) is 182 Å². The maximum absolute atomic E-state index is 9.93. The normalized spacial score (nSPS) is 35.9. The van der Waals surface area contributed by atoms with Crippen molar-refractivity contribution in [2.24, 2.45) is 0 Å². The average molecular weight is 345 g/mol. The summed E-state index contributed by atoms with van der Waals surface area (Å²) in [6.07, 6.45) is -10.8. The molecule has 1 heterocycles. The van der Waals surface area contributed by atoms with E-state index in [-0.39, 0.29) is 11.5 Å². The molecule has 0 aromatic rings. The molecule has 9 N–H and O–H groups in total. The summed E-state index contributed by atoms with van der Waals surface area (Å²) >= 11 is 0. The van der Waals surface area contributed by atoms with Crippen molar-refractivity contribution < 1.29 is 46.0 Å². The second-order valence-corrected chi connectivity index (χ2v) is 7.79. The fourth-order valence-corrected chi connectivity index (χ4v) is 5.06. The van der Waals surface area contributed by atoms with Gasteiger partial charge >= 0.3 is 0 Å². The molecule has 0 spiro atoms. The van der Waals surface area contributed by atoms with Gasteiger partial charge in [0, 0.05) is 10.9 Å². The minimum Gasteiger partial charge on any atom is -0.394 e. The highest BCUT2D eigenvalue weighted by Gasteiger charge is 2.51. The van der Waals surface area contributed by atoms with Crippen molar-refractivity contribution in [3.8, 4) is 0 Å². The first-order valence-corrected chi connectivity index (χ1v) is 8.51. The zero-order chi connectivity index (χ0) is 17.0. The SMILES string of the molecule is OC[C@@H]1[C@@H](O)[C@H](O)C[S@@+]1C[C@@H](O)[C@@H](O)[C@H](O)[C@@H](O)[C@@H](O)CO. The highest BCUT2D eigenvalue weighted by Crippen LogP contribution is 2.25. The molecular weight excluding hydrogens is 320 g/mol. The summed E-state index contributed by atoms with van der Waals surface area (Å²) in [5, 5.41) is 84.7. The molecule has 9 nitrogen and oxygen atoms in total. The first-order chi connectivity index (χ1) is 10.2. The molecule has 132 valence electrons. The minimum atomic E-state index is -1.88. The van der Waals surface area contributed by atoms with Crippen LogP contribution in [-0.2, 0) is 10.9 Å². The Bertz CT molecular complexity index is 334. The number of hydrogen-bond donors (Lipinski definition) is 9.